The van der Waals surface area contributed by atoms with Gasteiger partial charge in [-0.05, 0) is 17.9 Å². The SMILES string of the molecule is CC(C)CC(=O)N1CCc2ccc([N+](=O)[O-])cc21. The van der Waals surface area contributed by atoms with E-state index in [2.05, 4.69) is 0 Å². The molecule has 0 spiro atoms. The Morgan fingerprint density at radius 1 is 1.50 bits per heavy atom. The molecule has 0 saturated carbocycles. The number of carbonyl (C=O) groups is 1. The smallest absolute Gasteiger partial charge is 0.271 e. The van der Waals surface area contributed by atoms with Crippen LogP contribution in [0.1, 0.15) is 25.8 Å². The summed E-state index contributed by atoms with van der Waals surface area (Å²) in [5.41, 5.74) is 1.76. The van der Waals surface area contributed by atoms with Crippen LogP contribution >= 0.6 is 0 Å². The van der Waals surface area contributed by atoms with Gasteiger partial charge in [-0.2, -0.15) is 0 Å². The van der Waals surface area contributed by atoms with E-state index in [-0.39, 0.29) is 11.6 Å². The van der Waals surface area contributed by atoms with E-state index in [4.69, 9.17) is 0 Å². The molecule has 5 heteroatoms. The first-order valence-corrected chi connectivity index (χ1v) is 6.06. The molecule has 1 aromatic rings. The van der Waals surface area contributed by atoms with E-state index in [1.165, 1.54) is 12.1 Å². The molecule has 0 aromatic heterocycles. The maximum Gasteiger partial charge on any atom is 0.271 e. The van der Waals surface area contributed by atoms with E-state index < -0.39 is 4.92 Å². The number of hydrogen-bond donors (Lipinski definition) is 0. The summed E-state index contributed by atoms with van der Waals surface area (Å²) >= 11 is 0. The van der Waals surface area contributed by atoms with E-state index in [1.807, 2.05) is 13.8 Å². The third kappa shape index (κ3) is 2.34. The lowest BCUT2D eigenvalue weighted by atomic mass is 10.1. The summed E-state index contributed by atoms with van der Waals surface area (Å²) in [6.45, 7) is 4.60. The summed E-state index contributed by atoms with van der Waals surface area (Å²) in [6, 6.07) is 4.74. The Morgan fingerprint density at radius 2 is 2.22 bits per heavy atom. The van der Waals surface area contributed by atoms with Crippen LogP contribution < -0.4 is 4.90 Å². The fourth-order valence-electron chi connectivity index (χ4n) is 2.20. The van der Waals surface area contributed by atoms with Gasteiger partial charge in [0, 0.05) is 25.1 Å². The van der Waals surface area contributed by atoms with Gasteiger partial charge < -0.3 is 4.90 Å². The number of benzene rings is 1. The van der Waals surface area contributed by atoms with Crippen molar-refractivity contribution in [3.63, 3.8) is 0 Å². The molecule has 1 aromatic carbocycles. The number of nitro benzene ring substituents is 1. The van der Waals surface area contributed by atoms with Crippen LogP contribution in [0.4, 0.5) is 11.4 Å². The second-order valence-corrected chi connectivity index (χ2v) is 4.96. The molecular weight excluding hydrogens is 232 g/mol. The largest absolute Gasteiger partial charge is 0.312 e. The molecule has 18 heavy (non-hydrogen) atoms. The molecule has 0 atom stereocenters. The molecule has 0 N–H and O–H groups in total. The second-order valence-electron chi connectivity index (χ2n) is 4.96. The summed E-state index contributed by atoms with van der Waals surface area (Å²) in [7, 11) is 0. The Hall–Kier alpha value is -1.91. The van der Waals surface area contributed by atoms with Gasteiger partial charge in [-0.25, -0.2) is 0 Å². The van der Waals surface area contributed by atoms with Crippen molar-refractivity contribution in [3.05, 3.63) is 33.9 Å². The minimum absolute atomic E-state index is 0.0398. The number of carbonyl (C=O) groups excluding carboxylic acids is 1. The second kappa shape index (κ2) is 4.76. The molecular formula is C13H16N2O3. The third-order valence-corrected chi connectivity index (χ3v) is 3.06. The van der Waals surface area contributed by atoms with Gasteiger partial charge in [0.05, 0.1) is 10.6 Å². The molecule has 1 amide bonds. The zero-order valence-corrected chi connectivity index (χ0v) is 10.5. The number of rotatable bonds is 3. The number of hydrogen-bond acceptors (Lipinski definition) is 3. The van der Waals surface area contributed by atoms with Gasteiger partial charge >= 0.3 is 0 Å². The number of nitro groups is 1. The fraction of sp³-hybridized carbons (Fsp3) is 0.462. The Morgan fingerprint density at radius 3 is 2.83 bits per heavy atom. The topological polar surface area (TPSA) is 63.5 Å². The highest BCUT2D eigenvalue weighted by Crippen LogP contribution is 2.32. The quantitative estimate of drug-likeness (QED) is 0.610. The van der Waals surface area contributed by atoms with Crippen LogP contribution in [0.15, 0.2) is 18.2 Å². The predicted octanol–water partition coefficient (Wildman–Crippen LogP) is 2.53. The number of amides is 1. The van der Waals surface area contributed by atoms with Crippen LogP contribution in [0.5, 0.6) is 0 Å². The molecule has 0 unspecified atom stereocenters. The van der Waals surface area contributed by atoms with Crippen LogP contribution in [0.2, 0.25) is 0 Å². The molecule has 0 fully saturated rings. The van der Waals surface area contributed by atoms with Crippen molar-refractivity contribution in [2.24, 2.45) is 5.92 Å². The monoisotopic (exact) mass is 248 g/mol. The van der Waals surface area contributed by atoms with Crippen LogP contribution in [-0.4, -0.2) is 17.4 Å². The van der Waals surface area contributed by atoms with E-state index in [0.717, 1.165) is 12.0 Å². The van der Waals surface area contributed by atoms with Crippen LogP contribution in [0.25, 0.3) is 0 Å². The summed E-state index contributed by atoms with van der Waals surface area (Å²) in [6.07, 6.45) is 1.25. The van der Waals surface area contributed by atoms with Crippen LogP contribution in [0, 0.1) is 16.0 Å². The van der Waals surface area contributed by atoms with Crippen molar-refractivity contribution in [1.29, 1.82) is 0 Å². The molecule has 0 aliphatic carbocycles. The Bertz CT molecular complexity index is 497. The number of fused-ring (bicyclic) bond motifs is 1. The lowest BCUT2D eigenvalue weighted by molar-refractivity contribution is -0.384. The average molecular weight is 248 g/mol. The van der Waals surface area contributed by atoms with E-state index in [0.29, 0.717) is 24.6 Å². The maximum absolute atomic E-state index is 12.1. The molecule has 1 aliphatic rings. The van der Waals surface area contributed by atoms with E-state index in [9.17, 15) is 14.9 Å². The van der Waals surface area contributed by atoms with Gasteiger partial charge in [0.2, 0.25) is 5.91 Å². The van der Waals surface area contributed by atoms with E-state index in [1.54, 1.807) is 11.0 Å². The van der Waals surface area contributed by atoms with Gasteiger partial charge in [-0.3, -0.25) is 14.9 Å². The van der Waals surface area contributed by atoms with Gasteiger partial charge in [0.15, 0.2) is 0 Å². The highest BCUT2D eigenvalue weighted by atomic mass is 16.6. The Kier molecular flexibility index (Phi) is 3.32. The fourth-order valence-corrected chi connectivity index (χ4v) is 2.20. The first-order valence-electron chi connectivity index (χ1n) is 6.06. The normalized spacial score (nSPS) is 13.8. The lowest BCUT2D eigenvalue weighted by Gasteiger charge is -2.18. The Balaban J connectivity index is 2.28. The maximum atomic E-state index is 12.1. The van der Waals surface area contributed by atoms with Crippen molar-refractivity contribution in [3.8, 4) is 0 Å². The minimum Gasteiger partial charge on any atom is -0.312 e. The predicted molar refractivity (Wildman–Crippen MR) is 68.6 cm³/mol. The average Bonchev–Trinajstić information content (AvgIpc) is 2.70. The zero-order chi connectivity index (χ0) is 13.3. The minimum atomic E-state index is -0.427. The molecule has 0 saturated heterocycles. The van der Waals surface area contributed by atoms with Gasteiger partial charge in [-0.1, -0.05) is 19.9 Å². The molecule has 96 valence electrons. The summed E-state index contributed by atoms with van der Waals surface area (Å²) in [5.74, 6) is 0.337. The Labute approximate surface area is 106 Å². The van der Waals surface area contributed by atoms with Gasteiger partial charge in [0.1, 0.15) is 0 Å². The van der Waals surface area contributed by atoms with Crippen LogP contribution in [0.3, 0.4) is 0 Å². The van der Waals surface area contributed by atoms with Crippen molar-refractivity contribution < 1.29 is 9.72 Å². The number of non-ortho nitro benzene ring substituents is 1. The number of anilines is 1. The molecule has 1 heterocycles. The highest BCUT2D eigenvalue weighted by Gasteiger charge is 2.26. The van der Waals surface area contributed by atoms with Crippen molar-refractivity contribution in [2.45, 2.75) is 26.7 Å². The van der Waals surface area contributed by atoms with Crippen molar-refractivity contribution >= 4 is 17.3 Å². The molecule has 1 aliphatic heterocycles. The van der Waals surface area contributed by atoms with E-state index >= 15 is 0 Å². The summed E-state index contributed by atoms with van der Waals surface area (Å²) < 4.78 is 0. The third-order valence-electron chi connectivity index (χ3n) is 3.06. The van der Waals surface area contributed by atoms with Crippen molar-refractivity contribution in [2.75, 3.05) is 11.4 Å². The molecule has 2 rings (SSSR count). The molecule has 0 bridgehead atoms. The summed E-state index contributed by atoms with van der Waals surface area (Å²) in [5, 5.41) is 10.8. The van der Waals surface area contributed by atoms with Gasteiger partial charge in [0.25, 0.3) is 5.69 Å². The standard InChI is InChI=1S/C13H16N2O3/c1-9(2)7-13(16)14-6-5-10-3-4-11(15(17)18)8-12(10)14/h3-4,8-9H,5-7H2,1-2H3. The zero-order valence-electron chi connectivity index (χ0n) is 10.5. The van der Waals surface area contributed by atoms with Crippen LogP contribution in [-0.2, 0) is 11.2 Å². The number of nitrogens with zero attached hydrogens (tertiary/aromatic N) is 2. The first kappa shape index (κ1) is 12.5. The van der Waals surface area contributed by atoms with Crippen molar-refractivity contribution in [1.82, 2.24) is 0 Å². The molecule has 5 nitrogen and oxygen atoms in total. The highest BCUT2D eigenvalue weighted by molar-refractivity contribution is 5.95. The van der Waals surface area contributed by atoms with Gasteiger partial charge in [-0.15, -0.1) is 0 Å². The summed E-state index contributed by atoms with van der Waals surface area (Å²) in [4.78, 5) is 24.1. The lowest BCUT2D eigenvalue weighted by Crippen LogP contribution is -2.29. The molecule has 0 radical (unpaired) electrons. The first-order chi connectivity index (χ1) is 8.49.